The molecule has 0 aliphatic rings. The van der Waals surface area contributed by atoms with E-state index in [4.69, 9.17) is 5.73 Å². The first-order valence-electron chi connectivity index (χ1n) is 8.06. The maximum Gasteiger partial charge on any atom is 0.298 e. The lowest BCUT2D eigenvalue weighted by Gasteiger charge is -2.17. The monoisotopic (exact) mass is 344 g/mol. The molecular weight excluding hydrogens is 320 g/mol. The van der Waals surface area contributed by atoms with Crippen LogP contribution in [0.1, 0.15) is 37.7 Å². The van der Waals surface area contributed by atoms with Gasteiger partial charge in [0.2, 0.25) is 5.91 Å². The molecule has 0 aromatic carbocycles. The number of nitrogens with one attached hydrogen (secondary N) is 2. The van der Waals surface area contributed by atoms with E-state index in [9.17, 15) is 9.59 Å². The Morgan fingerprint density at radius 1 is 1.36 bits per heavy atom. The summed E-state index contributed by atoms with van der Waals surface area (Å²) in [7, 11) is 0. The molecule has 0 saturated carbocycles. The second-order valence-corrected chi connectivity index (χ2v) is 6.23. The van der Waals surface area contributed by atoms with E-state index in [1.165, 1.54) is 11.5 Å². The Bertz CT molecular complexity index is 857. The molecule has 1 amide bonds. The fraction of sp³-hybridized carbons (Fsp3) is 0.412. The molecule has 4 N–H and O–H groups in total. The van der Waals surface area contributed by atoms with Gasteiger partial charge < -0.3 is 16.4 Å². The molecule has 0 bridgehead atoms. The Kier molecular flexibility index (Phi) is 5.41. The summed E-state index contributed by atoms with van der Waals surface area (Å²) < 4.78 is 1.48. The molecule has 0 radical (unpaired) electrons. The van der Waals surface area contributed by atoms with Crippen molar-refractivity contribution in [1.82, 2.24) is 19.9 Å². The molecule has 0 spiro atoms. The van der Waals surface area contributed by atoms with Crippen molar-refractivity contribution in [3.05, 3.63) is 39.6 Å². The highest BCUT2D eigenvalue weighted by molar-refractivity contribution is 5.73. The summed E-state index contributed by atoms with van der Waals surface area (Å²) >= 11 is 0. The van der Waals surface area contributed by atoms with Gasteiger partial charge in [0.05, 0.1) is 5.69 Å². The summed E-state index contributed by atoms with van der Waals surface area (Å²) in [6.07, 6.45) is 1.61. The van der Waals surface area contributed by atoms with Crippen molar-refractivity contribution in [2.24, 2.45) is 0 Å². The summed E-state index contributed by atoms with van der Waals surface area (Å²) in [5, 5.41) is 5.77. The molecule has 8 heteroatoms. The summed E-state index contributed by atoms with van der Waals surface area (Å²) in [5.74, 6) is 0.360. The van der Waals surface area contributed by atoms with Crippen LogP contribution < -0.4 is 21.9 Å². The van der Waals surface area contributed by atoms with Gasteiger partial charge in [-0.05, 0) is 39.3 Å². The predicted octanol–water partition coefficient (Wildman–Crippen LogP) is 1.28. The Morgan fingerprint density at radius 2 is 2.04 bits per heavy atom. The molecule has 0 unspecified atom stereocenters. The third kappa shape index (κ3) is 4.14. The first-order chi connectivity index (χ1) is 11.7. The quantitative estimate of drug-likeness (QED) is 0.753. The lowest BCUT2D eigenvalue weighted by molar-refractivity contribution is -0.119. The number of hydrogen-bond donors (Lipinski definition) is 3. The molecule has 25 heavy (non-hydrogen) atoms. The molecule has 0 fully saturated rings. The summed E-state index contributed by atoms with van der Waals surface area (Å²) in [6.45, 7) is 9.21. The first-order valence-corrected chi connectivity index (χ1v) is 8.06. The second kappa shape index (κ2) is 7.33. The van der Waals surface area contributed by atoms with Crippen LogP contribution >= 0.6 is 0 Å². The van der Waals surface area contributed by atoms with Gasteiger partial charge in [-0.3, -0.25) is 14.2 Å². The molecule has 134 valence electrons. The second-order valence-electron chi connectivity index (χ2n) is 6.23. The maximum atomic E-state index is 12.8. The highest BCUT2D eigenvalue weighted by atomic mass is 16.1. The molecule has 0 aliphatic heterocycles. The van der Waals surface area contributed by atoms with Gasteiger partial charge in [-0.1, -0.05) is 0 Å². The van der Waals surface area contributed by atoms with Crippen molar-refractivity contribution in [2.45, 2.75) is 47.2 Å². The summed E-state index contributed by atoms with van der Waals surface area (Å²) in [4.78, 5) is 32.5. The van der Waals surface area contributed by atoms with Crippen molar-refractivity contribution in [3.8, 4) is 5.69 Å². The minimum absolute atomic E-state index is 0.0696. The number of pyridine rings is 1. The molecular formula is C17H24N6O2. The number of aryl methyl sites for hydroxylation is 2. The first kappa shape index (κ1) is 18.4. The largest absolute Gasteiger partial charge is 0.382 e. The molecule has 2 rings (SSSR count). The van der Waals surface area contributed by atoms with Crippen molar-refractivity contribution in [2.75, 3.05) is 11.1 Å². The van der Waals surface area contributed by atoms with Crippen LogP contribution in [0.4, 0.5) is 11.6 Å². The average molecular weight is 344 g/mol. The van der Waals surface area contributed by atoms with Gasteiger partial charge >= 0.3 is 0 Å². The van der Waals surface area contributed by atoms with Crippen LogP contribution in [0.25, 0.3) is 5.69 Å². The fourth-order valence-electron chi connectivity index (χ4n) is 2.44. The van der Waals surface area contributed by atoms with Gasteiger partial charge in [0, 0.05) is 37.1 Å². The number of amides is 1. The minimum atomic E-state index is -0.295. The van der Waals surface area contributed by atoms with Crippen molar-refractivity contribution >= 4 is 17.5 Å². The summed E-state index contributed by atoms with van der Waals surface area (Å²) in [6, 6.07) is 1.85. The average Bonchev–Trinajstić information content (AvgIpc) is 2.50. The SMILES string of the molecule is CC(=O)NCc1cc(-n2c(C)cnc(NC(C)C)c2=O)c(N)nc1C. The number of nitrogens with two attached hydrogens (primary N) is 1. The lowest BCUT2D eigenvalue weighted by atomic mass is 10.1. The van der Waals surface area contributed by atoms with E-state index in [0.717, 1.165) is 5.56 Å². The zero-order valence-corrected chi connectivity index (χ0v) is 15.2. The van der Waals surface area contributed by atoms with Crippen LogP contribution in [0.5, 0.6) is 0 Å². The van der Waals surface area contributed by atoms with Crippen LogP contribution in [0.2, 0.25) is 0 Å². The molecule has 8 nitrogen and oxygen atoms in total. The minimum Gasteiger partial charge on any atom is -0.382 e. The number of aromatic nitrogens is 3. The standard InChI is InChI=1S/C17H24N6O2/c1-9(2)21-16-17(25)23(10(3)7-20-16)14-6-13(8-19-12(5)24)11(4)22-15(14)18/h6-7,9H,8H2,1-5H3,(H2,18,22)(H,19,24)(H,20,21). The van der Waals surface area contributed by atoms with E-state index in [1.54, 1.807) is 19.2 Å². The molecule has 0 aliphatic carbocycles. The highest BCUT2D eigenvalue weighted by Gasteiger charge is 2.15. The van der Waals surface area contributed by atoms with Gasteiger partial charge in [0.25, 0.3) is 5.56 Å². The number of anilines is 2. The number of nitrogens with zero attached hydrogens (tertiary/aromatic N) is 3. The van der Waals surface area contributed by atoms with Crippen LogP contribution in [0, 0.1) is 13.8 Å². The smallest absolute Gasteiger partial charge is 0.298 e. The zero-order valence-electron chi connectivity index (χ0n) is 15.2. The number of nitrogen functional groups attached to an aromatic ring is 1. The van der Waals surface area contributed by atoms with E-state index >= 15 is 0 Å². The molecule has 0 saturated heterocycles. The molecule has 2 heterocycles. The van der Waals surface area contributed by atoms with E-state index < -0.39 is 0 Å². The Morgan fingerprint density at radius 3 is 2.64 bits per heavy atom. The number of carbonyl (C=O) groups is 1. The van der Waals surface area contributed by atoms with Crippen LogP contribution in [-0.4, -0.2) is 26.5 Å². The Balaban J connectivity index is 2.59. The van der Waals surface area contributed by atoms with Crippen LogP contribution in [-0.2, 0) is 11.3 Å². The van der Waals surface area contributed by atoms with Crippen molar-refractivity contribution in [1.29, 1.82) is 0 Å². The van der Waals surface area contributed by atoms with Gasteiger partial charge in [0.1, 0.15) is 5.82 Å². The zero-order chi connectivity index (χ0) is 18.7. The third-order valence-electron chi connectivity index (χ3n) is 3.66. The Hall–Kier alpha value is -2.90. The van der Waals surface area contributed by atoms with Gasteiger partial charge in [-0.2, -0.15) is 0 Å². The van der Waals surface area contributed by atoms with Gasteiger partial charge in [-0.15, -0.1) is 0 Å². The molecule has 2 aromatic heterocycles. The van der Waals surface area contributed by atoms with E-state index in [2.05, 4.69) is 20.6 Å². The normalized spacial score (nSPS) is 10.8. The fourth-order valence-corrected chi connectivity index (χ4v) is 2.44. The Labute approximate surface area is 146 Å². The van der Waals surface area contributed by atoms with Gasteiger partial charge in [0.15, 0.2) is 5.82 Å². The van der Waals surface area contributed by atoms with E-state index in [1.807, 2.05) is 20.8 Å². The van der Waals surface area contributed by atoms with Crippen molar-refractivity contribution < 1.29 is 4.79 Å². The molecule has 2 aromatic rings. The van der Waals surface area contributed by atoms with Crippen LogP contribution in [0.15, 0.2) is 17.1 Å². The molecule has 0 atom stereocenters. The highest BCUT2D eigenvalue weighted by Crippen LogP contribution is 2.20. The van der Waals surface area contributed by atoms with E-state index in [-0.39, 0.29) is 29.1 Å². The third-order valence-corrected chi connectivity index (χ3v) is 3.66. The lowest BCUT2D eigenvalue weighted by Crippen LogP contribution is -2.28. The maximum absolute atomic E-state index is 12.8. The van der Waals surface area contributed by atoms with Crippen molar-refractivity contribution in [3.63, 3.8) is 0 Å². The van der Waals surface area contributed by atoms with Crippen LogP contribution in [0.3, 0.4) is 0 Å². The number of rotatable bonds is 5. The van der Waals surface area contributed by atoms with E-state index in [0.29, 0.717) is 23.6 Å². The topological polar surface area (TPSA) is 115 Å². The number of hydrogen-bond acceptors (Lipinski definition) is 6. The van der Waals surface area contributed by atoms with Gasteiger partial charge in [-0.25, -0.2) is 9.97 Å². The predicted molar refractivity (Wildman–Crippen MR) is 97.8 cm³/mol. The number of carbonyl (C=O) groups excluding carboxylic acids is 1. The summed E-state index contributed by atoms with van der Waals surface area (Å²) in [5.41, 5.74) is 8.39.